The molecular weight excluding hydrogens is 390 g/mol. The summed E-state index contributed by atoms with van der Waals surface area (Å²) in [5, 5.41) is 11.7. The molecule has 0 radical (unpaired) electrons. The summed E-state index contributed by atoms with van der Waals surface area (Å²) in [6, 6.07) is 7.20. The first-order chi connectivity index (χ1) is 13.9. The van der Waals surface area contributed by atoms with Crippen molar-refractivity contribution in [2.75, 3.05) is 26.8 Å². The van der Waals surface area contributed by atoms with E-state index in [0.717, 1.165) is 15.6 Å². The summed E-state index contributed by atoms with van der Waals surface area (Å²) in [7, 11) is 1.59. The van der Waals surface area contributed by atoms with E-state index >= 15 is 0 Å². The fourth-order valence-electron chi connectivity index (χ4n) is 3.53. The molecule has 1 aliphatic rings. The molecule has 1 aromatic carbocycles. The molecule has 3 amide bonds. The molecule has 1 atom stereocenters. The molecule has 1 saturated heterocycles. The number of thiophene rings is 1. The summed E-state index contributed by atoms with van der Waals surface area (Å²) in [4.78, 5) is 38.0. The van der Waals surface area contributed by atoms with E-state index in [1.54, 1.807) is 18.4 Å². The van der Waals surface area contributed by atoms with E-state index in [1.165, 1.54) is 4.90 Å². The van der Waals surface area contributed by atoms with Gasteiger partial charge in [0.25, 0.3) is 0 Å². The molecule has 0 bridgehead atoms. The number of nitrogens with zero attached hydrogens (tertiary/aromatic N) is 1. The second kappa shape index (κ2) is 9.34. The number of likely N-dealkylation sites (N-methyl/N-ethyl adjacent to an activating group) is 1. The van der Waals surface area contributed by atoms with Crippen molar-refractivity contribution >= 4 is 39.6 Å². The molecule has 5 N–H and O–H groups in total. The molecular formula is C20H27N5O3S. The summed E-state index contributed by atoms with van der Waals surface area (Å²) in [5.41, 5.74) is 6.35. The highest BCUT2D eigenvalue weighted by molar-refractivity contribution is 7.17. The highest BCUT2D eigenvalue weighted by Crippen LogP contribution is 2.27. The van der Waals surface area contributed by atoms with Gasteiger partial charge in [-0.15, -0.1) is 11.3 Å². The molecule has 1 fully saturated rings. The normalized spacial score (nSPS) is 16.8. The largest absolute Gasteiger partial charge is 0.342 e. The van der Waals surface area contributed by atoms with E-state index in [1.807, 2.05) is 29.6 Å². The number of piperidine rings is 1. The quantitative estimate of drug-likeness (QED) is 0.361. The molecule has 29 heavy (non-hydrogen) atoms. The molecule has 1 aliphatic heterocycles. The summed E-state index contributed by atoms with van der Waals surface area (Å²) >= 11 is 1.61. The van der Waals surface area contributed by atoms with Crippen LogP contribution in [0.3, 0.4) is 0 Å². The summed E-state index contributed by atoms with van der Waals surface area (Å²) in [5.74, 6) is -0.589. The maximum absolute atomic E-state index is 13.0. The fraction of sp³-hybridized carbons (Fsp3) is 0.450. The van der Waals surface area contributed by atoms with Crippen molar-refractivity contribution in [3.8, 4) is 0 Å². The second-order valence-corrected chi connectivity index (χ2v) is 8.32. The van der Waals surface area contributed by atoms with Crippen LogP contribution in [0.1, 0.15) is 18.4 Å². The molecule has 0 aliphatic carbocycles. The van der Waals surface area contributed by atoms with Crippen LogP contribution >= 0.6 is 11.3 Å². The lowest BCUT2D eigenvalue weighted by atomic mass is 9.88. The molecule has 9 heteroatoms. The first-order valence-corrected chi connectivity index (χ1v) is 10.5. The van der Waals surface area contributed by atoms with Crippen molar-refractivity contribution in [3.63, 3.8) is 0 Å². The standard InChI is InChI=1S/C20H27N5O3S/c1-25(12-23-13-26)18(27)16(24-19(28)20(21)6-8-22-9-7-20)10-14-11-29-17-5-3-2-4-15(14)17/h2-5,11,13,16,22H,6-10,12,21H2,1H3,(H,23,26)(H,24,28)/t16-/m1/s1. The van der Waals surface area contributed by atoms with Gasteiger partial charge in [-0.3, -0.25) is 14.4 Å². The molecule has 156 valence electrons. The zero-order chi connectivity index (χ0) is 20.9. The number of amides is 3. The Morgan fingerprint density at radius 1 is 1.34 bits per heavy atom. The van der Waals surface area contributed by atoms with E-state index in [2.05, 4.69) is 16.0 Å². The van der Waals surface area contributed by atoms with Crippen LogP contribution < -0.4 is 21.7 Å². The van der Waals surface area contributed by atoms with E-state index in [9.17, 15) is 14.4 Å². The highest BCUT2D eigenvalue weighted by Gasteiger charge is 2.38. The average molecular weight is 418 g/mol. The van der Waals surface area contributed by atoms with E-state index in [0.29, 0.717) is 38.8 Å². The minimum atomic E-state index is -0.986. The van der Waals surface area contributed by atoms with Crippen LogP contribution in [0.5, 0.6) is 0 Å². The number of hydrogen-bond acceptors (Lipinski definition) is 6. The van der Waals surface area contributed by atoms with Gasteiger partial charge >= 0.3 is 0 Å². The van der Waals surface area contributed by atoms with Crippen molar-refractivity contribution in [2.45, 2.75) is 30.8 Å². The number of carbonyl (C=O) groups excluding carboxylic acids is 3. The first kappa shape index (κ1) is 21.2. The van der Waals surface area contributed by atoms with E-state index in [-0.39, 0.29) is 18.5 Å². The summed E-state index contributed by atoms with van der Waals surface area (Å²) < 4.78 is 1.13. The van der Waals surface area contributed by atoms with E-state index < -0.39 is 11.6 Å². The Labute approximate surface area is 173 Å². The average Bonchev–Trinajstić information content (AvgIpc) is 3.14. The minimum absolute atomic E-state index is 0.0662. The number of fused-ring (bicyclic) bond motifs is 1. The molecule has 0 saturated carbocycles. The Hall–Kier alpha value is -2.49. The van der Waals surface area contributed by atoms with Crippen molar-refractivity contribution in [3.05, 3.63) is 35.2 Å². The Bertz CT molecular complexity index is 878. The summed E-state index contributed by atoms with van der Waals surface area (Å²) in [6.07, 6.45) is 1.93. The van der Waals surface area contributed by atoms with Gasteiger partial charge in [0.15, 0.2) is 0 Å². The van der Waals surface area contributed by atoms with Gasteiger partial charge in [0.1, 0.15) is 6.04 Å². The third-order valence-corrected chi connectivity index (χ3v) is 6.34. The fourth-order valence-corrected chi connectivity index (χ4v) is 4.51. The molecule has 1 aromatic heterocycles. The van der Waals surface area contributed by atoms with Gasteiger partial charge in [-0.05, 0) is 48.3 Å². The van der Waals surface area contributed by atoms with Gasteiger partial charge in [-0.25, -0.2) is 0 Å². The van der Waals surface area contributed by atoms with Gasteiger partial charge in [0.05, 0.1) is 12.2 Å². The zero-order valence-electron chi connectivity index (χ0n) is 16.4. The van der Waals surface area contributed by atoms with Crippen molar-refractivity contribution in [1.82, 2.24) is 20.9 Å². The van der Waals surface area contributed by atoms with Crippen molar-refractivity contribution < 1.29 is 14.4 Å². The van der Waals surface area contributed by atoms with Crippen molar-refractivity contribution in [2.24, 2.45) is 5.73 Å². The Balaban J connectivity index is 1.81. The van der Waals surface area contributed by atoms with Crippen LogP contribution in [-0.4, -0.2) is 61.5 Å². The maximum atomic E-state index is 13.0. The molecule has 3 rings (SSSR count). The van der Waals surface area contributed by atoms with Gasteiger partial charge in [0.2, 0.25) is 18.2 Å². The lowest BCUT2D eigenvalue weighted by Gasteiger charge is -2.34. The topological polar surface area (TPSA) is 117 Å². The monoisotopic (exact) mass is 417 g/mol. The lowest BCUT2D eigenvalue weighted by molar-refractivity contribution is -0.137. The SMILES string of the molecule is CN(CNC=O)C(=O)[C@@H](Cc1csc2ccccc12)NC(=O)C1(N)CCNCC1. The number of nitrogens with one attached hydrogen (secondary N) is 3. The molecule has 0 unspecified atom stereocenters. The summed E-state index contributed by atoms with van der Waals surface area (Å²) in [6.45, 7) is 1.40. The molecule has 8 nitrogen and oxygen atoms in total. The zero-order valence-corrected chi connectivity index (χ0v) is 17.3. The number of benzene rings is 1. The van der Waals surface area contributed by atoms with Crippen LogP contribution in [0.4, 0.5) is 0 Å². The Kier molecular flexibility index (Phi) is 6.83. The predicted octanol–water partition coefficient (Wildman–Crippen LogP) is 0.171. The van der Waals surface area contributed by atoms with Crippen LogP contribution in [0, 0.1) is 0 Å². The second-order valence-electron chi connectivity index (χ2n) is 7.41. The number of nitrogens with two attached hydrogens (primary N) is 1. The Morgan fingerprint density at radius 2 is 2.07 bits per heavy atom. The third-order valence-electron chi connectivity index (χ3n) is 5.32. The van der Waals surface area contributed by atoms with Gasteiger partial charge in [0, 0.05) is 18.2 Å². The third kappa shape index (κ3) is 4.92. The van der Waals surface area contributed by atoms with Gasteiger partial charge in [-0.1, -0.05) is 18.2 Å². The predicted molar refractivity (Wildman–Crippen MR) is 113 cm³/mol. The smallest absolute Gasteiger partial charge is 0.246 e. The number of carbonyl (C=O) groups is 3. The number of hydrogen-bond donors (Lipinski definition) is 4. The molecule has 2 aromatic rings. The Morgan fingerprint density at radius 3 is 2.79 bits per heavy atom. The maximum Gasteiger partial charge on any atom is 0.246 e. The van der Waals surface area contributed by atoms with Crippen molar-refractivity contribution in [1.29, 1.82) is 0 Å². The number of rotatable bonds is 8. The van der Waals surface area contributed by atoms with Crippen LogP contribution in [0.2, 0.25) is 0 Å². The molecule has 0 spiro atoms. The van der Waals surface area contributed by atoms with Crippen LogP contribution in [0.25, 0.3) is 10.1 Å². The molecule has 2 heterocycles. The van der Waals surface area contributed by atoms with Gasteiger partial charge in [-0.2, -0.15) is 0 Å². The van der Waals surface area contributed by atoms with Crippen LogP contribution in [0.15, 0.2) is 29.6 Å². The highest BCUT2D eigenvalue weighted by atomic mass is 32.1. The lowest BCUT2D eigenvalue weighted by Crippen LogP contribution is -2.62. The minimum Gasteiger partial charge on any atom is -0.342 e. The van der Waals surface area contributed by atoms with E-state index in [4.69, 9.17) is 5.73 Å². The first-order valence-electron chi connectivity index (χ1n) is 9.62. The van der Waals surface area contributed by atoms with Gasteiger partial charge < -0.3 is 26.6 Å². The van der Waals surface area contributed by atoms with Crippen LogP contribution in [-0.2, 0) is 20.8 Å².